The highest BCUT2D eigenvalue weighted by molar-refractivity contribution is 5.86. The average Bonchev–Trinajstić information content (AvgIpc) is 2.99. The van der Waals surface area contributed by atoms with Gasteiger partial charge in [-0.3, -0.25) is 0 Å². The van der Waals surface area contributed by atoms with Crippen LogP contribution in [0.15, 0.2) is 60.8 Å². The number of nitrogens with one attached hydrogen (secondary N) is 1. The lowest BCUT2D eigenvalue weighted by molar-refractivity contribution is 0.124. The largest absolute Gasteiger partial charge is 0.376 e. The first-order chi connectivity index (χ1) is 11.4. The van der Waals surface area contributed by atoms with Gasteiger partial charge >= 0.3 is 0 Å². The number of benzene rings is 2. The van der Waals surface area contributed by atoms with Crippen molar-refractivity contribution in [3.05, 3.63) is 71.9 Å². The van der Waals surface area contributed by atoms with Crippen LogP contribution in [0.5, 0.6) is 0 Å². The first-order valence-electron chi connectivity index (χ1n) is 7.74. The molecular weight excluding hydrogens is 286 g/mol. The van der Waals surface area contributed by atoms with E-state index in [2.05, 4.69) is 22.1 Å². The predicted octanol–water partition coefficient (Wildman–Crippen LogP) is 3.87. The molecule has 4 rings (SSSR count). The lowest BCUT2D eigenvalue weighted by atomic mass is 10.2. The van der Waals surface area contributed by atoms with Crippen LogP contribution >= 0.6 is 0 Å². The summed E-state index contributed by atoms with van der Waals surface area (Å²) in [5.41, 5.74) is 5.94. The number of fused-ring (bicyclic) bond motifs is 2. The van der Waals surface area contributed by atoms with E-state index in [-0.39, 0.29) is 0 Å². The van der Waals surface area contributed by atoms with Gasteiger partial charge in [0.2, 0.25) is 0 Å². The number of rotatable bonds is 5. The maximum atomic E-state index is 5.77. The Balaban J connectivity index is 1.47. The van der Waals surface area contributed by atoms with E-state index in [4.69, 9.17) is 9.72 Å². The number of aromatic nitrogens is 3. The van der Waals surface area contributed by atoms with Crippen LogP contribution in [-0.2, 0) is 17.8 Å². The van der Waals surface area contributed by atoms with Crippen molar-refractivity contribution in [1.29, 1.82) is 0 Å². The van der Waals surface area contributed by atoms with E-state index >= 15 is 0 Å². The van der Waals surface area contributed by atoms with Gasteiger partial charge in [0.25, 0.3) is 0 Å². The molecule has 23 heavy (non-hydrogen) atoms. The highest BCUT2D eigenvalue weighted by atomic mass is 16.5. The molecule has 114 valence electrons. The van der Waals surface area contributed by atoms with Gasteiger partial charge in [-0.25, -0.2) is 9.97 Å². The van der Waals surface area contributed by atoms with Gasteiger partial charge in [0, 0.05) is 6.20 Å². The van der Waals surface area contributed by atoms with Crippen LogP contribution in [0.4, 0.5) is 0 Å². The number of para-hydroxylation sites is 2. The number of nitrogens with zero attached hydrogens (tertiary/aromatic N) is 2. The summed E-state index contributed by atoms with van der Waals surface area (Å²) in [6.45, 7) is 1.30. The third-order valence-electron chi connectivity index (χ3n) is 3.89. The van der Waals surface area contributed by atoms with Crippen molar-refractivity contribution in [3.63, 3.8) is 0 Å². The molecular formula is C19H17N3O. The van der Waals surface area contributed by atoms with Crippen LogP contribution in [0.2, 0.25) is 0 Å². The minimum atomic E-state index is 0.637. The minimum Gasteiger partial charge on any atom is -0.376 e. The number of H-pyrrole nitrogens is 1. The standard InChI is InChI=1S/C19H17N3O/c1-2-6-14(7-3-1)13-23-11-10-15-12-20-19-18(15)21-16-8-4-5-9-17(16)22-19/h1-9,12H,10-11,13H2,(H,20,22). The van der Waals surface area contributed by atoms with Crippen LogP contribution in [0.3, 0.4) is 0 Å². The van der Waals surface area contributed by atoms with Crippen molar-refractivity contribution in [1.82, 2.24) is 15.0 Å². The second kappa shape index (κ2) is 6.18. The highest BCUT2D eigenvalue weighted by Crippen LogP contribution is 2.19. The van der Waals surface area contributed by atoms with E-state index < -0.39 is 0 Å². The molecule has 0 fully saturated rings. The molecule has 0 bridgehead atoms. The maximum Gasteiger partial charge on any atom is 0.157 e. The smallest absolute Gasteiger partial charge is 0.157 e. The van der Waals surface area contributed by atoms with Crippen LogP contribution in [0.1, 0.15) is 11.1 Å². The molecule has 0 unspecified atom stereocenters. The summed E-state index contributed by atoms with van der Waals surface area (Å²) in [5, 5.41) is 0. The third kappa shape index (κ3) is 2.94. The normalized spacial score (nSPS) is 11.3. The SMILES string of the molecule is c1ccc(COCCc2c[nH]c3nc4ccccc4nc23)cc1. The lowest BCUT2D eigenvalue weighted by Gasteiger charge is -2.04. The van der Waals surface area contributed by atoms with Gasteiger partial charge in [0.05, 0.1) is 24.2 Å². The lowest BCUT2D eigenvalue weighted by Crippen LogP contribution is -1.99. The molecule has 0 saturated heterocycles. The van der Waals surface area contributed by atoms with E-state index in [9.17, 15) is 0 Å². The molecule has 0 aliphatic carbocycles. The Morgan fingerprint density at radius 2 is 1.61 bits per heavy atom. The minimum absolute atomic E-state index is 0.637. The Kier molecular flexibility index (Phi) is 3.74. The Labute approximate surface area is 134 Å². The number of hydrogen-bond donors (Lipinski definition) is 1. The summed E-state index contributed by atoms with van der Waals surface area (Å²) in [6.07, 6.45) is 2.80. The Morgan fingerprint density at radius 1 is 0.870 bits per heavy atom. The first kappa shape index (κ1) is 13.9. The van der Waals surface area contributed by atoms with Crippen LogP contribution in [0, 0.1) is 0 Å². The van der Waals surface area contributed by atoms with Crippen molar-refractivity contribution in [3.8, 4) is 0 Å². The summed E-state index contributed by atoms with van der Waals surface area (Å²) in [5.74, 6) is 0. The molecule has 0 aliphatic rings. The molecule has 0 radical (unpaired) electrons. The fraction of sp³-hybridized carbons (Fsp3) is 0.158. The van der Waals surface area contributed by atoms with Crippen molar-refractivity contribution in [2.45, 2.75) is 13.0 Å². The molecule has 2 heterocycles. The number of hydrogen-bond acceptors (Lipinski definition) is 3. The average molecular weight is 303 g/mol. The van der Waals surface area contributed by atoms with Gasteiger partial charge < -0.3 is 9.72 Å². The Bertz CT molecular complexity index is 931. The summed E-state index contributed by atoms with van der Waals surface area (Å²) < 4.78 is 5.77. The molecule has 4 heteroatoms. The maximum absolute atomic E-state index is 5.77. The topological polar surface area (TPSA) is 50.8 Å². The van der Waals surface area contributed by atoms with Crippen molar-refractivity contribution < 1.29 is 4.74 Å². The Hall–Kier alpha value is -2.72. The van der Waals surface area contributed by atoms with Crippen molar-refractivity contribution >= 4 is 22.2 Å². The van der Waals surface area contributed by atoms with Gasteiger partial charge in [0.1, 0.15) is 5.52 Å². The number of aromatic amines is 1. The monoisotopic (exact) mass is 303 g/mol. The molecule has 1 N–H and O–H groups in total. The fourth-order valence-electron chi connectivity index (χ4n) is 2.69. The molecule has 0 amide bonds. The van der Waals surface area contributed by atoms with Crippen molar-refractivity contribution in [2.75, 3.05) is 6.61 Å². The zero-order valence-corrected chi connectivity index (χ0v) is 12.7. The number of ether oxygens (including phenoxy) is 1. The first-order valence-corrected chi connectivity index (χ1v) is 7.74. The molecule has 0 spiro atoms. The van der Waals surface area contributed by atoms with E-state index in [0.29, 0.717) is 13.2 Å². The summed E-state index contributed by atoms with van der Waals surface area (Å²) in [6, 6.07) is 18.1. The summed E-state index contributed by atoms with van der Waals surface area (Å²) >= 11 is 0. The molecule has 0 saturated carbocycles. The quantitative estimate of drug-likeness (QED) is 0.569. The van der Waals surface area contributed by atoms with Gasteiger partial charge in [-0.15, -0.1) is 0 Å². The molecule has 4 aromatic rings. The third-order valence-corrected chi connectivity index (χ3v) is 3.89. The predicted molar refractivity (Wildman–Crippen MR) is 91.2 cm³/mol. The van der Waals surface area contributed by atoms with Gasteiger partial charge in [-0.05, 0) is 29.7 Å². The van der Waals surface area contributed by atoms with E-state index in [1.165, 1.54) is 5.56 Å². The van der Waals surface area contributed by atoms with Crippen LogP contribution in [0.25, 0.3) is 22.2 Å². The Morgan fingerprint density at radius 3 is 2.43 bits per heavy atom. The van der Waals surface area contributed by atoms with Gasteiger partial charge in [0.15, 0.2) is 5.65 Å². The summed E-state index contributed by atoms with van der Waals surface area (Å²) in [4.78, 5) is 12.6. The zero-order valence-electron chi connectivity index (χ0n) is 12.7. The zero-order chi connectivity index (χ0) is 15.5. The highest BCUT2D eigenvalue weighted by Gasteiger charge is 2.08. The fourth-order valence-corrected chi connectivity index (χ4v) is 2.69. The van der Waals surface area contributed by atoms with E-state index in [1.807, 2.05) is 48.7 Å². The molecule has 0 atom stereocenters. The summed E-state index contributed by atoms with van der Waals surface area (Å²) in [7, 11) is 0. The van der Waals surface area contributed by atoms with Gasteiger partial charge in [-0.2, -0.15) is 0 Å². The molecule has 2 aromatic carbocycles. The second-order valence-corrected chi connectivity index (χ2v) is 5.51. The van der Waals surface area contributed by atoms with Crippen LogP contribution < -0.4 is 0 Å². The molecule has 4 nitrogen and oxygen atoms in total. The second-order valence-electron chi connectivity index (χ2n) is 5.51. The van der Waals surface area contributed by atoms with Crippen molar-refractivity contribution in [2.24, 2.45) is 0 Å². The molecule has 0 aliphatic heterocycles. The van der Waals surface area contributed by atoms with E-state index in [0.717, 1.165) is 34.2 Å². The van der Waals surface area contributed by atoms with E-state index in [1.54, 1.807) is 0 Å². The van der Waals surface area contributed by atoms with Crippen LogP contribution in [-0.4, -0.2) is 21.6 Å². The molecule has 2 aromatic heterocycles. The van der Waals surface area contributed by atoms with Gasteiger partial charge in [-0.1, -0.05) is 42.5 Å².